The van der Waals surface area contributed by atoms with Gasteiger partial charge in [0.15, 0.2) is 5.82 Å². The van der Waals surface area contributed by atoms with Crippen LogP contribution in [0.4, 0.5) is 10.3 Å². The van der Waals surface area contributed by atoms with Crippen LogP contribution in [-0.2, 0) is 0 Å². The van der Waals surface area contributed by atoms with E-state index in [-0.39, 0.29) is 12.1 Å². The Kier molecular flexibility index (Phi) is 3.13. The SMILES string of the molecule is CC(N)C(C)Nc1ncc(F)cn1. The van der Waals surface area contributed by atoms with Crippen LogP contribution >= 0.6 is 0 Å². The summed E-state index contributed by atoms with van der Waals surface area (Å²) < 4.78 is 12.4. The Morgan fingerprint density at radius 2 is 1.92 bits per heavy atom. The first kappa shape index (κ1) is 9.85. The summed E-state index contributed by atoms with van der Waals surface area (Å²) in [6, 6.07) is 0.0547. The topological polar surface area (TPSA) is 63.8 Å². The van der Waals surface area contributed by atoms with Crippen LogP contribution in [0, 0.1) is 5.82 Å². The maximum Gasteiger partial charge on any atom is 0.223 e. The second kappa shape index (κ2) is 4.13. The summed E-state index contributed by atoms with van der Waals surface area (Å²) in [4.78, 5) is 7.50. The summed E-state index contributed by atoms with van der Waals surface area (Å²) in [6.45, 7) is 3.79. The fourth-order valence-electron chi connectivity index (χ4n) is 0.722. The zero-order valence-electron chi connectivity index (χ0n) is 7.66. The third-order valence-electron chi connectivity index (χ3n) is 1.77. The van der Waals surface area contributed by atoms with Crippen molar-refractivity contribution in [2.24, 2.45) is 5.73 Å². The average Bonchev–Trinajstić information content (AvgIpc) is 2.08. The van der Waals surface area contributed by atoms with Gasteiger partial charge in [0.1, 0.15) is 0 Å². The fraction of sp³-hybridized carbons (Fsp3) is 0.500. The number of aromatic nitrogens is 2. The minimum atomic E-state index is -0.445. The molecule has 4 nitrogen and oxygen atoms in total. The molecular formula is C8H13FN4. The van der Waals surface area contributed by atoms with Crippen molar-refractivity contribution in [3.8, 4) is 0 Å². The van der Waals surface area contributed by atoms with Gasteiger partial charge in [-0.3, -0.25) is 0 Å². The van der Waals surface area contributed by atoms with E-state index in [4.69, 9.17) is 5.73 Å². The molecule has 0 saturated carbocycles. The van der Waals surface area contributed by atoms with Crippen molar-refractivity contribution in [3.63, 3.8) is 0 Å². The normalized spacial score (nSPS) is 15.1. The van der Waals surface area contributed by atoms with E-state index in [0.717, 1.165) is 12.4 Å². The second-order valence-electron chi connectivity index (χ2n) is 3.02. The molecule has 0 radical (unpaired) electrons. The molecule has 0 spiro atoms. The molecule has 0 saturated heterocycles. The molecule has 72 valence electrons. The predicted octanol–water partition coefficient (Wildman–Crippen LogP) is 0.763. The van der Waals surface area contributed by atoms with E-state index < -0.39 is 5.82 Å². The number of nitrogens with zero attached hydrogens (tertiary/aromatic N) is 2. The van der Waals surface area contributed by atoms with Gasteiger partial charge in [0, 0.05) is 12.1 Å². The van der Waals surface area contributed by atoms with Crippen LogP contribution in [0.5, 0.6) is 0 Å². The minimum absolute atomic E-state index is 0.00588. The Morgan fingerprint density at radius 1 is 1.38 bits per heavy atom. The molecule has 13 heavy (non-hydrogen) atoms. The van der Waals surface area contributed by atoms with E-state index in [9.17, 15) is 4.39 Å². The van der Waals surface area contributed by atoms with Gasteiger partial charge in [-0.2, -0.15) is 0 Å². The standard InChI is InChI=1S/C8H13FN4/c1-5(10)6(2)13-8-11-3-7(9)4-12-8/h3-6H,10H2,1-2H3,(H,11,12,13). The lowest BCUT2D eigenvalue weighted by molar-refractivity contribution is 0.607. The van der Waals surface area contributed by atoms with Gasteiger partial charge < -0.3 is 11.1 Å². The van der Waals surface area contributed by atoms with Crippen molar-refractivity contribution < 1.29 is 4.39 Å². The first-order valence-electron chi connectivity index (χ1n) is 4.09. The van der Waals surface area contributed by atoms with Crippen molar-refractivity contribution in [1.29, 1.82) is 0 Å². The molecule has 2 atom stereocenters. The highest BCUT2D eigenvalue weighted by Gasteiger charge is 2.07. The third kappa shape index (κ3) is 2.95. The molecule has 0 aliphatic heterocycles. The first-order valence-corrected chi connectivity index (χ1v) is 4.09. The van der Waals surface area contributed by atoms with Crippen LogP contribution < -0.4 is 11.1 Å². The van der Waals surface area contributed by atoms with E-state index in [0.29, 0.717) is 5.95 Å². The second-order valence-corrected chi connectivity index (χ2v) is 3.02. The Labute approximate surface area is 76.4 Å². The summed E-state index contributed by atoms with van der Waals surface area (Å²) in [5.41, 5.74) is 5.62. The summed E-state index contributed by atoms with van der Waals surface area (Å²) in [7, 11) is 0. The third-order valence-corrected chi connectivity index (χ3v) is 1.77. The number of nitrogens with two attached hydrogens (primary N) is 1. The molecule has 3 N–H and O–H groups in total. The van der Waals surface area contributed by atoms with Gasteiger partial charge in [0.25, 0.3) is 0 Å². The molecule has 0 amide bonds. The number of nitrogens with one attached hydrogen (secondary N) is 1. The van der Waals surface area contributed by atoms with E-state index in [1.54, 1.807) is 0 Å². The molecule has 1 rings (SSSR count). The monoisotopic (exact) mass is 184 g/mol. The van der Waals surface area contributed by atoms with Crippen molar-refractivity contribution in [2.75, 3.05) is 5.32 Å². The minimum Gasteiger partial charge on any atom is -0.350 e. The lowest BCUT2D eigenvalue weighted by Crippen LogP contribution is -2.35. The molecular weight excluding hydrogens is 171 g/mol. The van der Waals surface area contributed by atoms with Crippen LogP contribution in [-0.4, -0.2) is 22.1 Å². The maximum atomic E-state index is 12.4. The van der Waals surface area contributed by atoms with Crippen LogP contribution in [0.15, 0.2) is 12.4 Å². The molecule has 1 heterocycles. The summed E-state index contributed by atoms with van der Waals surface area (Å²) in [5.74, 6) is -0.0507. The van der Waals surface area contributed by atoms with Crippen molar-refractivity contribution in [1.82, 2.24) is 9.97 Å². The highest BCUT2D eigenvalue weighted by Crippen LogP contribution is 2.01. The van der Waals surface area contributed by atoms with E-state index in [1.165, 1.54) is 0 Å². The van der Waals surface area contributed by atoms with E-state index >= 15 is 0 Å². The predicted molar refractivity (Wildman–Crippen MR) is 48.7 cm³/mol. The first-order chi connectivity index (χ1) is 6.09. The van der Waals surface area contributed by atoms with Crippen molar-refractivity contribution in [2.45, 2.75) is 25.9 Å². The zero-order chi connectivity index (χ0) is 9.84. The van der Waals surface area contributed by atoms with Crippen LogP contribution in [0.3, 0.4) is 0 Å². The van der Waals surface area contributed by atoms with Gasteiger partial charge in [-0.15, -0.1) is 0 Å². The Morgan fingerprint density at radius 3 is 2.38 bits per heavy atom. The highest BCUT2D eigenvalue weighted by atomic mass is 19.1. The highest BCUT2D eigenvalue weighted by molar-refractivity contribution is 5.24. The average molecular weight is 184 g/mol. The van der Waals surface area contributed by atoms with Crippen molar-refractivity contribution >= 4 is 5.95 Å². The number of anilines is 1. The largest absolute Gasteiger partial charge is 0.350 e. The molecule has 0 aromatic carbocycles. The molecule has 0 aliphatic carbocycles. The summed E-state index contributed by atoms with van der Waals surface area (Å²) in [5, 5.41) is 2.95. The van der Waals surface area contributed by atoms with Crippen LogP contribution in [0.25, 0.3) is 0 Å². The lowest BCUT2D eigenvalue weighted by atomic mass is 10.2. The molecule has 1 aromatic rings. The number of rotatable bonds is 3. The van der Waals surface area contributed by atoms with Gasteiger partial charge in [0.2, 0.25) is 5.95 Å². The number of hydrogen-bond acceptors (Lipinski definition) is 4. The number of halogens is 1. The smallest absolute Gasteiger partial charge is 0.223 e. The summed E-state index contributed by atoms with van der Waals surface area (Å²) >= 11 is 0. The summed E-state index contributed by atoms with van der Waals surface area (Å²) in [6.07, 6.45) is 2.23. The molecule has 5 heteroatoms. The molecule has 0 fully saturated rings. The Bertz CT molecular complexity index is 259. The molecule has 0 bridgehead atoms. The zero-order valence-corrected chi connectivity index (χ0v) is 7.66. The van der Waals surface area contributed by atoms with Gasteiger partial charge in [-0.25, -0.2) is 14.4 Å². The Balaban J connectivity index is 2.59. The van der Waals surface area contributed by atoms with Gasteiger partial charge >= 0.3 is 0 Å². The molecule has 1 aromatic heterocycles. The van der Waals surface area contributed by atoms with E-state index in [2.05, 4.69) is 15.3 Å². The van der Waals surface area contributed by atoms with Gasteiger partial charge in [0.05, 0.1) is 12.4 Å². The maximum absolute atomic E-state index is 12.4. The quantitative estimate of drug-likeness (QED) is 0.728. The fourth-order valence-corrected chi connectivity index (χ4v) is 0.722. The number of hydrogen-bond donors (Lipinski definition) is 2. The Hall–Kier alpha value is -1.23. The van der Waals surface area contributed by atoms with Crippen LogP contribution in [0.2, 0.25) is 0 Å². The van der Waals surface area contributed by atoms with Crippen LogP contribution in [0.1, 0.15) is 13.8 Å². The van der Waals surface area contributed by atoms with Crippen molar-refractivity contribution in [3.05, 3.63) is 18.2 Å². The van der Waals surface area contributed by atoms with Gasteiger partial charge in [-0.1, -0.05) is 0 Å². The van der Waals surface area contributed by atoms with E-state index in [1.807, 2.05) is 13.8 Å². The molecule has 0 aliphatic rings. The molecule has 2 unspecified atom stereocenters. The lowest BCUT2D eigenvalue weighted by Gasteiger charge is -2.16. The van der Waals surface area contributed by atoms with Gasteiger partial charge in [-0.05, 0) is 13.8 Å².